The van der Waals surface area contributed by atoms with Crippen LogP contribution in [0.1, 0.15) is 48.7 Å². The monoisotopic (exact) mass is 384 g/mol. The van der Waals surface area contributed by atoms with Crippen molar-refractivity contribution in [3.05, 3.63) is 41.6 Å². The molecule has 1 aliphatic heterocycles. The van der Waals surface area contributed by atoms with Crippen molar-refractivity contribution in [2.75, 3.05) is 20.3 Å². The van der Waals surface area contributed by atoms with Gasteiger partial charge in [0.05, 0.1) is 18.7 Å². The summed E-state index contributed by atoms with van der Waals surface area (Å²) in [5.41, 5.74) is 8.16. The van der Waals surface area contributed by atoms with Crippen molar-refractivity contribution < 1.29 is 14.3 Å². The Balaban J connectivity index is 1.49. The minimum Gasteiger partial charge on any atom is -0.353 e. The second-order valence-electron chi connectivity index (χ2n) is 6.73. The predicted molar refractivity (Wildman–Crippen MR) is 109 cm³/mol. The first-order valence-electron chi connectivity index (χ1n) is 9.84. The lowest BCUT2D eigenvalue weighted by atomic mass is 10.1. The molecule has 2 heterocycles. The number of ether oxygens (including phenoxy) is 2. The number of amidine groups is 1. The van der Waals surface area contributed by atoms with Crippen LogP contribution in [0, 0.1) is 0 Å². The molecule has 7 heteroatoms. The molecule has 0 unspecified atom stereocenters. The lowest BCUT2D eigenvalue weighted by molar-refractivity contribution is -0.181. The zero-order valence-corrected chi connectivity index (χ0v) is 16.5. The van der Waals surface area contributed by atoms with Crippen molar-refractivity contribution in [3.63, 3.8) is 0 Å². The number of hydrogen-bond donors (Lipinski definition) is 2. The number of benzene rings is 1. The number of hydrogen-bond acceptors (Lipinski definition) is 5. The molecule has 28 heavy (non-hydrogen) atoms. The van der Waals surface area contributed by atoms with Crippen molar-refractivity contribution in [3.8, 4) is 0 Å². The van der Waals surface area contributed by atoms with Gasteiger partial charge in [0.15, 0.2) is 6.29 Å². The molecule has 0 atom stereocenters. The third-order valence-electron chi connectivity index (χ3n) is 4.71. The summed E-state index contributed by atoms with van der Waals surface area (Å²) < 4.78 is 11.1. The standard InChI is InChI=1S/C21H28N4O3/c1-3-17-10-8-15-14-16(9-11-18(15)23-17)21(26)25-24-19(22-2)6-4-7-20-27-12-5-13-28-20/h8-11,14,20H,3-7,12-13H2,1-2H3,(H,22,24)(H,25,26). The Hall–Kier alpha value is -2.51. The number of nitrogens with zero attached hydrogens (tertiary/aromatic N) is 2. The second-order valence-corrected chi connectivity index (χ2v) is 6.73. The molecule has 1 amide bonds. The number of hydrazine groups is 1. The summed E-state index contributed by atoms with van der Waals surface area (Å²) in [6.45, 7) is 3.59. The molecule has 1 aromatic carbocycles. The van der Waals surface area contributed by atoms with E-state index >= 15 is 0 Å². The topological polar surface area (TPSA) is 84.8 Å². The molecule has 0 aliphatic carbocycles. The van der Waals surface area contributed by atoms with Crippen molar-refractivity contribution in [1.29, 1.82) is 0 Å². The van der Waals surface area contributed by atoms with Gasteiger partial charge in [-0.05, 0) is 49.9 Å². The van der Waals surface area contributed by atoms with Crippen LogP contribution in [-0.4, -0.2) is 43.3 Å². The molecule has 1 aliphatic rings. The quantitative estimate of drug-likeness (QED) is 0.454. The first-order chi connectivity index (χ1) is 13.7. The highest BCUT2D eigenvalue weighted by Crippen LogP contribution is 2.15. The lowest BCUT2D eigenvalue weighted by Crippen LogP contribution is -2.41. The molecule has 2 aromatic rings. The SMILES string of the molecule is CCc1ccc2cc(C(=O)NNC(CCCC3OCCCO3)=NC)ccc2n1. The number of amides is 1. The molecule has 2 N–H and O–H groups in total. The van der Waals surface area contributed by atoms with E-state index in [2.05, 4.69) is 27.8 Å². The highest BCUT2D eigenvalue weighted by atomic mass is 16.7. The van der Waals surface area contributed by atoms with Gasteiger partial charge in [-0.1, -0.05) is 13.0 Å². The maximum atomic E-state index is 12.5. The summed E-state index contributed by atoms with van der Waals surface area (Å²) in [6.07, 6.45) is 4.10. The smallest absolute Gasteiger partial charge is 0.269 e. The molecule has 150 valence electrons. The molecular formula is C21H28N4O3. The van der Waals surface area contributed by atoms with Gasteiger partial charge in [-0.15, -0.1) is 0 Å². The van der Waals surface area contributed by atoms with E-state index in [0.717, 1.165) is 61.3 Å². The minimum absolute atomic E-state index is 0.124. The molecule has 0 radical (unpaired) electrons. The summed E-state index contributed by atoms with van der Waals surface area (Å²) in [6, 6.07) is 9.50. The molecular weight excluding hydrogens is 356 g/mol. The van der Waals surface area contributed by atoms with Crippen molar-refractivity contribution >= 4 is 22.6 Å². The van der Waals surface area contributed by atoms with Crippen LogP contribution in [0.4, 0.5) is 0 Å². The van der Waals surface area contributed by atoms with E-state index in [9.17, 15) is 4.79 Å². The first-order valence-corrected chi connectivity index (χ1v) is 9.84. The van der Waals surface area contributed by atoms with E-state index in [4.69, 9.17) is 9.47 Å². The molecule has 1 fully saturated rings. The third kappa shape index (κ3) is 5.50. The first kappa shape index (κ1) is 20.2. The lowest BCUT2D eigenvalue weighted by Gasteiger charge is -2.23. The normalized spacial score (nSPS) is 15.6. The maximum absolute atomic E-state index is 12.5. The summed E-state index contributed by atoms with van der Waals surface area (Å²) in [4.78, 5) is 21.2. The number of aryl methyl sites for hydroxylation is 1. The van der Waals surface area contributed by atoms with Gasteiger partial charge in [-0.3, -0.25) is 25.6 Å². The van der Waals surface area contributed by atoms with Gasteiger partial charge in [0.1, 0.15) is 5.84 Å². The Labute approximate surface area is 165 Å². The fourth-order valence-electron chi connectivity index (χ4n) is 3.08. The Kier molecular flexibility index (Phi) is 7.33. The van der Waals surface area contributed by atoms with E-state index < -0.39 is 0 Å². The van der Waals surface area contributed by atoms with Gasteiger partial charge >= 0.3 is 0 Å². The number of rotatable bonds is 6. The van der Waals surface area contributed by atoms with Crippen LogP contribution in [0.2, 0.25) is 0 Å². The van der Waals surface area contributed by atoms with E-state index in [-0.39, 0.29) is 12.2 Å². The number of nitrogens with one attached hydrogen (secondary N) is 2. The van der Waals surface area contributed by atoms with E-state index in [1.807, 2.05) is 24.3 Å². The van der Waals surface area contributed by atoms with Crippen LogP contribution in [0.15, 0.2) is 35.3 Å². The average molecular weight is 384 g/mol. The molecule has 0 saturated carbocycles. The Morgan fingerprint density at radius 1 is 1.21 bits per heavy atom. The largest absolute Gasteiger partial charge is 0.353 e. The van der Waals surface area contributed by atoms with Crippen LogP contribution in [0.3, 0.4) is 0 Å². The highest BCUT2D eigenvalue weighted by Gasteiger charge is 2.14. The summed E-state index contributed by atoms with van der Waals surface area (Å²) >= 11 is 0. The number of aromatic nitrogens is 1. The number of fused-ring (bicyclic) bond motifs is 1. The fourth-order valence-corrected chi connectivity index (χ4v) is 3.08. The van der Waals surface area contributed by atoms with Gasteiger partial charge in [0.2, 0.25) is 0 Å². The summed E-state index contributed by atoms with van der Waals surface area (Å²) in [5.74, 6) is 0.515. The molecule has 0 spiro atoms. The molecule has 0 bridgehead atoms. The Morgan fingerprint density at radius 2 is 2.04 bits per heavy atom. The summed E-state index contributed by atoms with van der Waals surface area (Å²) in [5, 5.41) is 0.946. The minimum atomic E-state index is -0.207. The van der Waals surface area contributed by atoms with Gasteiger partial charge in [0.25, 0.3) is 5.91 Å². The van der Waals surface area contributed by atoms with Crippen LogP contribution in [0.25, 0.3) is 10.9 Å². The summed E-state index contributed by atoms with van der Waals surface area (Å²) in [7, 11) is 1.70. The molecule has 3 rings (SSSR count). The van der Waals surface area contributed by atoms with Crippen LogP contribution >= 0.6 is 0 Å². The number of pyridine rings is 1. The predicted octanol–water partition coefficient (Wildman–Crippen LogP) is 2.99. The van der Waals surface area contributed by atoms with Crippen LogP contribution < -0.4 is 10.9 Å². The highest BCUT2D eigenvalue weighted by molar-refractivity contribution is 5.99. The zero-order chi connectivity index (χ0) is 19.8. The van der Waals surface area contributed by atoms with Gasteiger partial charge in [-0.25, -0.2) is 0 Å². The van der Waals surface area contributed by atoms with Gasteiger partial charge in [-0.2, -0.15) is 0 Å². The number of aliphatic imine (C=N–C) groups is 1. The van der Waals surface area contributed by atoms with Crippen molar-refractivity contribution in [1.82, 2.24) is 15.8 Å². The second kappa shape index (κ2) is 10.1. The van der Waals surface area contributed by atoms with E-state index in [1.54, 1.807) is 13.1 Å². The number of carbonyl (C=O) groups is 1. The van der Waals surface area contributed by atoms with E-state index in [0.29, 0.717) is 12.0 Å². The van der Waals surface area contributed by atoms with E-state index in [1.165, 1.54) is 0 Å². The molecule has 7 nitrogen and oxygen atoms in total. The average Bonchev–Trinajstić information content (AvgIpc) is 2.75. The fraction of sp³-hybridized carbons (Fsp3) is 0.476. The van der Waals surface area contributed by atoms with Crippen LogP contribution in [-0.2, 0) is 15.9 Å². The molecule has 1 saturated heterocycles. The van der Waals surface area contributed by atoms with Crippen LogP contribution in [0.5, 0.6) is 0 Å². The van der Waals surface area contributed by atoms with Gasteiger partial charge in [0, 0.05) is 30.1 Å². The van der Waals surface area contributed by atoms with Crippen molar-refractivity contribution in [2.45, 2.75) is 45.3 Å². The maximum Gasteiger partial charge on any atom is 0.269 e. The Bertz CT molecular complexity index is 832. The zero-order valence-electron chi connectivity index (χ0n) is 16.5. The molecule has 1 aromatic heterocycles. The van der Waals surface area contributed by atoms with Gasteiger partial charge < -0.3 is 9.47 Å². The van der Waals surface area contributed by atoms with Crippen molar-refractivity contribution in [2.24, 2.45) is 4.99 Å². The third-order valence-corrected chi connectivity index (χ3v) is 4.71. The Morgan fingerprint density at radius 3 is 2.79 bits per heavy atom. The number of carbonyl (C=O) groups excluding carboxylic acids is 1.